The third kappa shape index (κ3) is 3.79. The van der Waals surface area contributed by atoms with Crippen molar-refractivity contribution in [3.63, 3.8) is 0 Å². The van der Waals surface area contributed by atoms with E-state index in [9.17, 15) is 14.9 Å². The Balaban J connectivity index is 2.27. The van der Waals surface area contributed by atoms with Crippen molar-refractivity contribution in [2.75, 3.05) is 7.11 Å². The molecule has 0 amide bonds. The molecule has 6 heteroatoms. The second-order valence-corrected chi connectivity index (χ2v) is 5.31. The summed E-state index contributed by atoms with van der Waals surface area (Å²) in [4.78, 5) is 22.3. The minimum atomic E-state index is -0.530. The number of carbonyl (C=O) groups excluding carboxylic acids is 1. The van der Waals surface area contributed by atoms with Gasteiger partial charge in [0.15, 0.2) is 5.78 Å². The van der Waals surface area contributed by atoms with E-state index in [1.807, 2.05) is 12.1 Å². The Kier molecular flexibility index (Phi) is 5.06. The number of carbonyl (C=O) groups is 1. The number of hydrogen-bond acceptors (Lipinski definition) is 4. The van der Waals surface area contributed by atoms with Crippen LogP contribution >= 0.6 is 15.9 Å². The maximum Gasteiger partial charge on any atom is 0.270 e. The van der Waals surface area contributed by atoms with E-state index in [2.05, 4.69) is 15.9 Å². The number of ketones is 1. The molecular formula is C16H12BrNO4. The number of nitro benzene ring substituents is 1. The lowest BCUT2D eigenvalue weighted by Gasteiger charge is -2.04. The highest BCUT2D eigenvalue weighted by atomic mass is 79.9. The van der Waals surface area contributed by atoms with Crippen molar-refractivity contribution in [1.82, 2.24) is 0 Å². The lowest BCUT2D eigenvalue weighted by molar-refractivity contribution is -0.384. The summed E-state index contributed by atoms with van der Waals surface area (Å²) in [5, 5.41) is 10.7. The fraction of sp³-hybridized carbons (Fsp3) is 0.0625. The van der Waals surface area contributed by atoms with E-state index < -0.39 is 4.92 Å². The first kappa shape index (κ1) is 15.9. The summed E-state index contributed by atoms with van der Waals surface area (Å²) in [6.07, 6.45) is 2.98. The third-order valence-corrected chi connectivity index (χ3v) is 3.44. The molecule has 0 unspecified atom stereocenters. The van der Waals surface area contributed by atoms with Gasteiger partial charge >= 0.3 is 0 Å². The standard InChI is InChI=1S/C16H12BrNO4/c1-22-16-8-6-13(17)9-12(16)5-7-15(19)11-3-2-4-14(10-11)18(20)21/h2-10H,1H3/b7-5+. The summed E-state index contributed by atoms with van der Waals surface area (Å²) >= 11 is 3.35. The monoisotopic (exact) mass is 361 g/mol. The smallest absolute Gasteiger partial charge is 0.270 e. The van der Waals surface area contributed by atoms with E-state index in [0.717, 1.165) is 10.0 Å². The third-order valence-electron chi connectivity index (χ3n) is 2.95. The zero-order chi connectivity index (χ0) is 16.1. The summed E-state index contributed by atoms with van der Waals surface area (Å²) in [7, 11) is 1.54. The average Bonchev–Trinajstić information content (AvgIpc) is 2.52. The molecule has 22 heavy (non-hydrogen) atoms. The summed E-state index contributed by atoms with van der Waals surface area (Å²) in [6.45, 7) is 0. The molecule has 0 radical (unpaired) electrons. The van der Waals surface area contributed by atoms with E-state index >= 15 is 0 Å². The van der Waals surface area contributed by atoms with E-state index in [1.165, 1.54) is 30.3 Å². The number of rotatable bonds is 5. The number of nitrogens with zero attached hydrogens (tertiary/aromatic N) is 1. The van der Waals surface area contributed by atoms with Crippen LogP contribution in [0.2, 0.25) is 0 Å². The van der Waals surface area contributed by atoms with Crippen LogP contribution in [0.25, 0.3) is 6.08 Å². The SMILES string of the molecule is COc1ccc(Br)cc1/C=C/C(=O)c1cccc([N+](=O)[O-])c1. The number of nitro groups is 1. The number of benzene rings is 2. The molecule has 0 aliphatic heterocycles. The van der Waals surface area contributed by atoms with Crippen LogP contribution in [0.4, 0.5) is 5.69 Å². The van der Waals surface area contributed by atoms with Crippen molar-refractivity contribution in [3.8, 4) is 5.75 Å². The highest BCUT2D eigenvalue weighted by Gasteiger charge is 2.09. The zero-order valence-corrected chi connectivity index (χ0v) is 13.2. The van der Waals surface area contributed by atoms with Crippen LogP contribution in [0.1, 0.15) is 15.9 Å². The number of hydrogen-bond donors (Lipinski definition) is 0. The summed E-state index contributed by atoms with van der Waals surface area (Å²) in [5.74, 6) is 0.317. The number of methoxy groups -OCH3 is 1. The normalized spacial score (nSPS) is 10.6. The van der Waals surface area contributed by atoms with Crippen molar-refractivity contribution in [2.45, 2.75) is 0 Å². The molecular weight excluding hydrogens is 350 g/mol. The first-order valence-corrected chi connectivity index (χ1v) is 7.11. The van der Waals surface area contributed by atoms with Crippen LogP contribution in [0.15, 0.2) is 53.0 Å². The van der Waals surface area contributed by atoms with Crippen LogP contribution in [0.3, 0.4) is 0 Å². The molecule has 2 aromatic rings. The van der Waals surface area contributed by atoms with Crippen LogP contribution in [-0.4, -0.2) is 17.8 Å². The molecule has 0 N–H and O–H groups in total. The Labute approximate surface area is 135 Å². The quantitative estimate of drug-likeness (QED) is 0.345. The van der Waals surface area contributed by atoms with Gasteiger partial charge in [-0.25, -0.2) is 0 Å². The number of non-ortho nitro benzene ring substituents is 1. The summed E-state index contributed by atoms with van der Waals surface area (Å²) < 4.78 is 6.07. The van der Waals surface area contributed by atoms with Gasteiger partial charge < -0.3 is 4.74 Å². The summed E-state index contributed by atoms with van der Waals surface area (Å²) in [5.41, 5.74) is 0.884. The average molecular weight is 362 g/mol. The van der Waals surface area contributed by atoms with Crippen LogP contribution in [0, 0.1) is 10.1 Å². The van der Waals surface area contributed by atoms with Gasteiger partial charge in [0.25, 0.3) is 5.69 Å². The van der Waals surface area contributed by atoms with Gasteiger partial charge in [0.05, 0.1) is 12.0 Å². The first-order chi connectivity index (χ1) is 10.5. The zero-order valence-electron chi connectivity index (χ0n) is 11.7. The molecule has 0 aromatic heterocycles. The molecule has 0 bridgehead atoms. The van der Waals surface area contributed by atoms with Gasteiger partial charge in [-0.1, -0.05) is 28.1 Å². The second kappa shape index (κ2) is 7.00. The van der Waals surface area contributed by atoms with Crippen molar-refractivity contribution in [3.05, 3.63) is 74.3 Å². The van der Waals surface area contributed by atoms with Gasteiger partial charge in [-0.3, -0.25) is 14.9 Å². The van der Waals surface area contributed by atoms with Crippen molar-refractivity contribution < 1.29 is 14.5 Å². The predicted molar refractivity (Wildman–Crippen MR) is 87.2 cm³/mol. The Bertz CT molecular complexity index is 756. The van der Waals surface area contributed by atoms with Gasteiger partial charge in [0.1, 0.15) is 5.75 Å². The van der Waals surface area contributed by atoms with E-state index in [0.29, 0.717) is 5.75 Å². The van der Waals surface area contributed by atoms with E-state index in [1.54, 1.807) is 19.3 Å². The Morgan fingerprint density at radius 2 is 2.05 bits per heavy atom. The largest absolute Gasteiger partial charge is 0.496 e. The van der Waals surface area contributed by atoms with Crippen LogP contribution in [-0.2, 0) is 0 Å². The molecule has 0 saturated heterocycles. The Morgan fingerprint density at radius 3 is 2.73 bits per heavy atom. The lowest BCUT2D eigenvalue weighted by atomic mass is 10.1. The van der Waals surface area contributed by atoms with Gasteiger partial charge in [-0.15, -0.1) is 0 Å². The molecule has 0 spiro atoms. The predicted octanol–water partition coefficient (Wildman–Crippen LogP) is 4.26. The van der Waals surface area contributed by atoms with Gasteiger partial charge in [0, 0.05) is 27.7 Å². The van der Waals surface area contributed by atoms with E-state index in [4.69, 9.17) is 4.74 Å². The molecule has 5 nitrogen and oxygen atoms in total. The van der Waals surface area contributed by atoms with Crippen LogP contribution in [0.5, 0.6) is 5.75 Å². The summed E-state index contributed by atoms with van der Waals surface area (Å²) in [6, 6.07) is 11.1. The molecule has 0 aliphatic carbocycles. The van der Waals surface area contributed by atoms with Crippen molar-refractivity contribution in [2.24, 2.45) is 0 Å². The first-order valence-electron chi connectivity index (χ1n) is 6.31. The minimum Gasteiger partial charge on any atom is -0.496 e. The van der Waals surface area contributed by atoms with Crippen molar-refractivity contribution >= 4 is 33.5 Å². The fourth-order valence-corrected chi connectivity index (χ4v) is 2.25. The molecule has 2 rings (SSSR count). The maximum absolute atomic E-state index is 12.1. The topological polar surface area (TPSA) is 69.4 Å². The lowest BCUT2D eigenvalue weighted by Crippen LogP contribution is -1.96. The molecule has 0 fully saturated rings. The Morgan fingerprint density at radius 1 is 1.27 bits per heavy atom. The molecule has 0 saturated carbocycles. The minimum absolute atomic E-state index is 0.112. The fourth-order valence-electron chi connectivity index (χ4n) is 1.87. The Hall–Kier alpha value is -2.47. The van der Waals surface area contributed by atoms with Crippen molar-refractivity contribution in [1.29, 1.82) is 0 Å². The molecule has 112 valence electrons. The van der Waals surface area contributed by atoms with Gasteiger partial charge in [-0.05, 0) is 30.4 Å². The second-order valence-electron chi connectivity index (χ2n) is 4.39. The molecule has 2 aromatic carbocycles. The number of halogens is 1. The van der Waals surface area contributed by atoms with Gasteiger partial charge in [-0.2, -0.15) is 0 Å². The van der Waals surface area contributed by atoms with Gasteiger partial charge in [0.2, 0.25) is 0 Å². The maximum atomic E-state index is 12.1. The highest BCUT2D eigenvalue weighted by molar-refractivity contribution is 9.10. The van der Waals surface area contributed by atoms with E-state index in [-0.39, 0.29) is 17.0 Å². The molecule has 0 aliphatic rings. The van der Waals surface area contributed by atoms with Crippen LogP contribution < -0.4 is 4.74 Å². The highest BCUT2D eigenvalue weighted by Crippen LogP contribution is 2.24. The molecule has 0 atom stereocenters. The molecule has 0 heterocycles. The number of ether oxygens (including phenoxy) is 1. The number of allylic oxidation sites excluding steroid dienone is 1.